The second-order valence-corrected chi connectivity index (χ2v) is 7.40. The fourth-order valence-electron chi connectivity index (χ4n) is 2.51. The molecule has 7 nitrogen and oxygen atoms in total. The molecule has 9 heteroatoms. The van der Waals surface area contributed by atoms with Crippen LogP contribution in [0.2, 0.25) is 0 Å². The number of methoxy groups -OCH3 is 1. The summed E-state index contributed by atoms with van der Waals surface area (Å²) in [4.78, 5) is 0. The third kappa shape index (κ3) is 4.42. The van der Waals surface area contributed by atoms with E-state index in [0.29, 0.717) is 26.4 Å². The molecule has 3 rings (SSSR count). The van der Waals surface area contributed by atoms with Gasteiger partial charge in [-0.05, 0) is 71.8 Å². The van der Waals surface area contributed by atoms with Crippen LogP contribution in [-0.4, -0.2) is 39.4 Å². The van der Waals surface area contributed by atoms with E-state index in [1.54, 1.807) is 18.3 Å². The Hall–Kier alpha value is -2.65. The average molecular weight is 463 g/mol. The lowest BCUT2D eigenvalue weighted by Gasteiger charge is -2.10. The van der Waals surface area contributed by atoms with Gasteiger partial charge in [-0.1, -0.05) is 12.1 Å². The molecule has 0 amide bonds. The Labute approximate surface area is 175 Å². The van der Waals surface area contributed by atoms with Crippen LogP contribution < -0.4 is 9.47 Å². The molecule has 3 aromatic rings. The fourth-order valence-corrected chi connectivity index (χ4v) is 3.15. The second kappa shape index (κ2) is 8.57. The number of aromatic amines is 1. The second-order valence-electron chi connectivity index (χ2n) is 6.16. The van der Waals surface area contributed by atoms with Crippen LogP contribution in [0.5, 0.6) is 17.2 Å². The minimum absolute atomic E-state index is 0.0298. The van der Waals surface area contributed by atoms with Crippen molar-refractivity contribution in [1.29, 1.82) is 0 Å². The minimum atomic E-state index is 0.0298. The summed E-state index contributed by atoms with van der Waals surface area (Å²) in [5.74, 6) is 1.66. The Morgan fingerprint density at radius 3 is 2.82 bits per heavy atom. The number of aromatic hydroxyl groups is 1. The van der Waals surface area contributed by atoms with Crippen LogP contribution in [0.3, 0.4) is 0 Å². The van der Waals surface area contributed by atoms with E-state index < -0.39 is 0 Å². The first-order valence-corrected chi connectivity index (χ1v) is 9.64. The number of rotatable bonds is 6. The van der Waals surface area contributed by atoms with Gasteiger partial charge in [0.15, 0.2) is 17.3 Å². The third-order valence-electron chi connectivity index (χ3n) is 3.71. The first kappa shape index (κ1) is 20.1. The van der Waals surface area contributed by atoms with Crippen LogP contribution in [0.25, 0.3) is 11.4 Å². The zero-order chi connectivity index (χ0) is 20.3. The third-order valence-corrected chi connectivity index (χ3v) is 4.58. The van der Waals surface area contributed by atoms with Crippen molar-refractivity contribution in [2.24, 2.45) is 5.10 Å². The quantitative estimate of drug-likeness (QED) is 0.407. The highest BCUT2D eigenvalue weighted by atomic mass is 79.9. The molecule has 0 aliphatic heterocycles. The number of ether oxygens (including phenoxy) is 2. The maximum atomic E-state index is 9.93. The lowest BCUT2D eigenvalue weighted by Crippen LogP contribution is -2.05. The van der Waals surface area contributed by atoms with Crippen LogP contribution in [-0.2, 0) is 0 Å². The number of nitrogens with zero attached hydrogens (tertiary/aromatic N) is 3. The van der Waals surface area contributed by atoms with Gasteiger partial charge < -0.3 is 14.6 Å². The van der Waals surface area contributed by atoms with Crippen molar-refractivity contribution in [2.75, 3.05) is 7.11 Å². The molecule has 0 unspecified atom stereocenters. The molecular formula is C19H19BrN4O3S. The highest BCUT2D eigenvalue weighted by Crippen LogP contribution is 2.34. The van der Waals surface area contributed by atoms with Crippen LogP contribution in [0, 0.1) is 4.77 Å². The molecular weight excluding hydrogens is 444 g/mol. The van der Waals surface area contributed by atoms with Gasteiger partial charge >= 0.3 is 0 Å². The first-order valence-electron chi connectivity index (χ1n) is 8.44. The van der Waals surface area contributed by atoms with Gasteiger partial charge in [0.05, 0.1) is 23.9 Å². The molecule has 0 saturated carbocycles. The lowest BCUT2D eigenvalue weighted by atomic mass is 10.2. The zero-order valence-electron chi connectivity index (χ0n) is 15.5. The summed E-state index contributed by atoms with van der Waals surface area (Å²) in [6.07, 6.45) is 1.67. The first-order chi connectivity index (χ1) is 13.4. The predicted octanol–water partition coefficient (Wildman–Crippen LogP) is 4.75. The molecule has 0 bridgehead atoms. The van der Waals surface area contributed by atoms with Crippen LogP contribution in [0.15, 0.2) is 46.0 Å². The molecule has 0 fully saturated rings. The average Bonchev–Trinajstić information content (AvgIpc) is 3.03. The Bertz CT molecular complexity index is 1080. The van der Waals surface area contributed by atoms with E-state index >= 15 is 0 Å². The number of aromatic nitrogens is 3. The van der Waals surface area contributed by atoms with E-state index in [1.165, 1.54) is 11.8 Å². The Morgan fingerprint density at radius 1 is 1.32 bits per heavy atom. The van der Waals surface area contributed by atoms with E-state index in [4.69, 9.17) is 21.7 Å². The van der Waals surface area contributed by atoms with Gasteiger partial charge in [0, 0.05) is 5.56 Å². The highest BCUT2D eigenvalue weighted by molar-refractivity contribution is 9.10. The van der Waals surface area contributed by atoms with E-state index in [-0.39, 0.29) is 11.9 Å². The van der Waals surface area contributed by atoms with Crippen molar-refractivity contribution in [1.82, 2.24) is 14.9 Å². The number of phenols is 1. The molecule has 2 N–H and O–H groups in total. The summed E-state index contributed by atoms with van der Waals surface area (Å²) >= 11 is 8.61. The number of benzene rings is 2. The van der Waals surface area contributed by atoms with Gasteiger partial charge in [-0.15, -0.1) is 0 Å². The Kier molecular flexibility index (Phi) is 6.15. The molecule has 2 aromatic carbocycles. The van der Waals surface area contributed by atoms with Crippen LogP contribution in [0.4, 0.5) is 0 Å². The maximum Gasteiger partial charge on any atom is 0.216 e. The molecule has 0 aliphatic carbocycles. The van der Waals surface area contributed by atoms with Crippen molar-refractivity contribution >= 4 is 34.4 Å². The number of nitrogens with one attached hydrogen (secondary N) is 1. The highest BCUT2D eigenvalue weighted by Gasteiger charge is 2.11. The molecule has 0 radical (unpaired) electrons. The summed E-state index contributed by atoms with van der Waals surface area (Å²) in [5.41, 5.74) is 1.53. The standard InChI is InChI=1S/C19H19BrN4O3S/c1-11(2)27-14-6-4-5-13(9-14)18-22-23-19(28)24(18)21-10-12-7-15(20)17(25)16(8-12)26-3/h4-11,25H,1-3H3,(H,23,28). The van der Waals surface area contributed by atoms with Gasteiger partial charge in [-0.2, -0.15) is 14.9 Å². The maximum absolute atomic E-state index is 9.93. The largest absolute Gasteiger partial charge is 0.503 e. The number of halogens is 1. The predicted molar refractivity (Wildman–Crippen MR) is 114 cm³/mol. The van der Waals surface area contributed by atoms with Crippen molar-refractivity contribution < 1.29 is 14.6 Å². The summed E-state index contributed by atoms with van der Waals surface area (Å²) in [6, 6.07) is 11.0. The number of phenolic OH excluding ortho intramolecular Hbond substituents is 1. The van der Waals surface area contributed by atoms with E-state index in [2.05, 4.69) is 31.2 Å². The summed E-state index contributed by atoms with van der Waals surface area (Å²) < 4.78 is 13.3. The van der Waals surface area contributed by atoms with Crippen molar-refractivity contribution in [3.63, 3.8) is 0 Å². The van der Waals surface area contributed by atoms with Gasteiger partial charge in [0.25, 0.3) is 0 Å². The minimum Gasteiger partial charge on any atom is -0.503 e. The molecule has 0 atom stereocenters. The van der Waals surface area contributed by atoms with Gasteiger partial charge in [0.1, 0.15) is 5.75 Å². The molecule has 0 aliphatic rings. The monoisotopic (exact) mass is 462 g/mol. The molecule has 146 valence electrons. The van der Waals surface area contributed by atoms with Gasteiger partial charge in [-0.3, -0.25) is 0 Å². The van der Waals surface area contributed by atoms with Crippen LogP contribution >= 0.6 is 28.1 Å². The van der Waals surface area contributed by atoms with Gasteiger partial charge in [0.2, 0.25) is 4.77 Å². The zero-order valence-corrected chi connectivity index (χ0v) is 17.9. The van der Waals surface area contributed by atoms with Crippen LogP contribution in [0.1, 0.15) is 19.4 Å². The summed E-state index contributed by atoms with van der Waals surface area (Å²) in [5, 5.41) is 21.4. The molecule has 1 aromatic heterocycles. The smallest absolute Gasteiger partial charge is 0.216 e. The Morgan fingerprint density at radius 2 is 2.11 bits per heavy atom. The number of H-pyrrole nitrogens is 1. The Balaban J connectivity index is 1.98. The van der Waals surface area contributed by atoms with E-state index in [1.807, 2.05) is 38.1 Å². The van der Waals surface area contributed by atoms with Crippen molar-refractivity contribution in [2.45, 2.75) is 20.0 Å². The lowest BCUT2D eigenvalue weighted by molar-refractivity contribution is 0.242. The molecule has 28 heavy (non-hydrogen) atoms. The summed E-state index contributed by atoms with van der Waals surface area (Å²) in [6.45, 7) is 3.94. The summed E-state index contributed by atoms with van der Waals surface area (Å²) in [7, 11) is 1.49. The SMILES string of the molecule is COc1cc(C=Nn2c(-c3cccc(OC(C)C)c3)n[nH]c2=S)cc(Br)c1O. The normalized spacial score (nSPS) is 11.3. The molecule has 0 spiro atoms. The molecule has 0 saturated heterocycles. The number of hydrogen-bond donors (Lipinski definition) is 2. The topological polar surface area (TPSA) is 84.7 Å². The van der Waals surface area contributed by atoms with E-state index in [9.17, 15) is 5.11 Å². The molecule has 1 heterocycles. The fraction of sp³-hybridized carbons (Fsp3) is 0.211. The van der Waals surface area contributed by atoms with E-state index in [0.717, 1.165) is 11.3 Å². The van der Waals surface area contributed by atoms with Gasteiger partial charge in [-0.25, -0.2) is 5.10 Å². The van der Waals surface area contributed by atoms with Crippen molar-refractivity contribution in [3.8, 4) is 28.6 Å². The number of hydrogen-bond acceptors (Lipinski definition) is 6. The van der Waals surface area contributed by atoms with Crippen molar-refractivity contribution in [3.05, 3.63) is 51.2 Å².